The predicted molar refractivity (Wildman–Crippen MR) is 96.7 cm³/mol. The normalized spacial score (nSPS) is 11.6. The first kappa shape index (κ1) is 18.5. The molecule has 3 rings (SSSR count). The standard InChI is InChI=1S/C19H17F3N4O/c1-10-16(25-26(2)17(10)11-3-6-13(23)7-4-11)15-9-12(19(20,21)22)5-8-14(15)18(24)27/h3-9H,23H2,1-2H3,(H2,24,27). The van der Waals surface area contributed by atoms with Gasteiger partial charge in [0, 0.05) is 35.0 Å². The van der Waals surface area contributed by atoms with Crippen LogP contribution in [-0.4, -0.2) is 15.7 Å². The SMILES string of the molecule is Cc1c(-c2cc(C(F)(F)F)ccc2C(N)=O)nn(C)c1-c1ccc(N)cc1. The lowest BCUT2D eigenvalue weighted by molar-refractivity contribution is -0.137. The fourth-order valence-corrected chi connectivity index (χ4v) is 3.06. The molecule has 0 fully saturated rings. The average molecular weight is 374 g/mol. The van der Waals surface area contributed by atoms with Crippen LogP contribution in [0.2, 0.25) is 0 Å². The lowest BCUT2D eigenvalue weighted by Gasteiger charge is -2.11. The van der Waals surface area contributed by atoms with E-state index in [2.05, 4.69) is 5.10 Å². The van der Waals surface area contributed by atoms with Gasteiger partial charge in [-0.1, -0.05) is 12.1 Å². The molecule has 0 saturated carbocycles. The number of nitrogen functional groups attached to an aromatic ring is 1. The summed E-state index contributed by atoms with van der Waals surface area (Å²) >= 11 is 0. The smallest absolute Gasteiger partial charge is 0.399 e. The van der Waals surface area contributed by atoms with Gasteiger partial charge in [0.2, 0.25) is 5.91 Å². The molecular formula is C19H17F3N4O. The van der Waals surface area contributed by atoms with E-state index in [1.165, 1.54) is 0 Å². The first-order chi connectivity index (χ1) is 12.6. The van der Waals surface area contributed by atoms with Gasteiger partial charge in [0.25, 0.3) is 0 Å². The molecule has 8 heteroatoms. The van der Waals surface area contributed by atoms with Gasteiger partial charge in [0.15, 0.2) is 0 Å². The molecule has 0 aliphatic heterocycles. The number of halogens is 3. The summed E-state index contributed by atoms with van der Waals surface area (Å²) in [4.78, 5) is 11.8. The van der Waals surface area contributed by atoms with Crippen LogP contribution >= 0.6 is 0 Å². The van der Waals surface area contributed by atoms with Crippen molar-refractivity contribution >= 4 is 11.6 Å². The summed E-state index contributed by atoms with van der Waals surface area (Å²) in [5.74, 6) is -0.821. The Labute approximate surface area is 153 Å². The zero-order valence-electron chi connectivity index (χ0n) is 14.6. The molecule has 0 unspecified atom stereocenters. The van der Waals surface area contributed by atoms with E-state index in [-0.39, 0.29) is 16.8 Å². The Morgan fingerprint density at radius 1 is 1.11 bits per heavy atom. The Kier molecular flexibility index (Phi) is 4.43. The molecule has 1 heterocycles. The van der Waals surface area contributed by atoms with Crippen molar-refractivity contribution in [2.45, 2.75) is 13.1 Å². The maximum Gasteiger partial charge on any atom is 0.416 e. The van der Waals surface area contributed by atoms with Crippen molar-refractivity contribution in [3.8, 4) is 22.5 Å². The number of primary amides is 1. The van der Waals surface area contributed by atoms with Crippen LogP contribution in [0.15, 0.2) is 42.5 Å². The molecule has 27 heavy (non-hydrogen) atoms. The number of nitrogens with two attached hydrogens (primary N) is 2. The number of anilines is 1. The summed E-state index contributed by atoms with van der Waals surface area (Å²) in [5, 5.41) is 4.36. The van der Waals surface area contributed by atoms with E-state index in [1.54, 1.807) is 42.9 Å². The zero-order valence-corrected chi connectivity index (χ0v) is 14.6. The number of carbonyl (C=O) groups excluding carboxylic acids is 1. The molecule has 1 amide bonds. The Bertz CT molecular complexity index is 1020. The van der Waals surface area contributed by atoms with Gasteiger partial charge in [-0.05, 0) is 37.3 Å². The van der Waals surface area contributed by atoms with Crippen LogP contribution in [-0.2, 0) is 13.2 Å². The van der Waals surface area contributed by atoms with Gasteiger partial charge in [-0.25, -0.2) is 0 Å². The summed E-state index contributed by atoms with van der Waals surface area (Å²) in [5.41, 5.74) is 13.2. The third-order valence-electron chi connectivity index (χ3n) is 4.34. The number of rotatable bonds is 3. The largest absolute Gasteiger partial charge is 0.416 e. The van der Waals surface area contributed by atoms with Crippen LogP contribution in [0.4, 0.5) is 18.9 Å². The minimum atomic E-state index is -4.55. The number of carbonyl (C=O) groups is 1. The highest BCUT2D eigenvalue weighted by atomic mass is 19.4. The highest BCUT2D eigenvalue weighted by molar-refractivity contribution is 6.00. The summed E-state index contributed by atoms with van der Waals surface area (Å²) < 4.78 is 41.0. The third-order valence-corrected chi connectivity index (χ3v) is 4.34. The second-order valence-electron chi connectivity index (χ2n) is 6.19. The van der Waals surface area contributed by atoms with Gasteiger partial charge in [-0.15, -0.1) is 0 Å². The zero-order chi connectivity index (χ0) is 19.9. The fraction of sp³-hybridized carbons (Fsp3) is 0.158. The van der Waals surface area contributed by atoms with Crippen molar-refractivity contribution in [1.29, 1.82) is 0 Å². The molecule has 0 atom stereocenters. The second kappa shape index (κ2) is 6.46. The first-order valence-corrected chi connectivity index (χ1v) is 8.00. The van der Waals surface area contributed by atoms with Gasteiger partial charge in [-0.3, -0.25) is 9.48 Å². The quantitative estimate of drug-likeness (QED) is 0.684. The summed E-state index contributed by atoms with van der Waals surface area (Å²) in [6, 6.07) is 9.86. The monoisotopic (exact) mass is 374 g/mol. The molecule has 0 bridgehead atoms. The first-order valence-electron chi connectivity index (χ1n) is 8.00. The number of amides is 1. The molecule has 3 aromatic rings. The highest BCUT2D eigenvalue weighted by Gasteiger charge is 2.32. The van der Waals surface area contributed by atoms with E-state index >= 15 is 0 Å². The van der Waals surface area contributed by atoms with Crippen LogP contribution in [0.3, 0.4) is 0 Å². The van der Waals surface area contributed by atoms with Gasteiger partial charge < -0.3 is 11.5 Å². The molecular weight excluding hydrogens is 357 g/mol. The van der Waals surface area contributed by atoms with E-state index in [1.807, 2.05) is 0 Å². The molecule has 0 aliphatic carbocycles. The van der Waals surface area contributed by atoms with Gasteiger partial charge in [0.1, 0.15) is 0 Å². The average Bonchev–Trinajstić information content (AvgIpc) is 2.89. The molecule has 2 aromatic carbocycles. The summed E-state index contributed by atoms with van der Waals surface area (Å²) in [6.07, 6.45) is -4.55. The third kappa shape index (κ3) is 3.38. The van der Waals surface area contributed by atoms with Crippen LogP contribution in [0.1, 0.15) is 21.5 Å². The van der Waals surface area contributed by atoms with Crippen molar-refractivity contribution in [3.05, 3.63) is 59.2 Å². The van der Waals surface area contributed by atoms with Crippen LogP contribution in [0.25, 0.3) is 22.5 Å². The molecule has 0 radical (unpaired) electrons. The van der Waals surface area contributed by atoms with Crippen molar-refractivity contribution in [2.24, 2.45) is 12.8 Å². The topological polar surface area (TPSA) is 86.9 Å². The van der Waals surface area contributed by atoms with E-state index in [0.717, 1.165) is 23.8 Å². The number of alkyl halides is 3. The van der Waals surface area contributed by atoms with Crippen LogP contribution < -0.4 is 11.5 Å². The number of aryl methyl sites for hydroxylation is 1. The van der Waals surface area contributed by atoms with E-state index in [0.29, 0.717) is 16.9 Å². The minimum Gasteiger partial charge on any atom is -0.399 e. The maximum atomic E-state index is 13.2. The highest BCUT2D eigenvalue weighted by Crippen LogP contribution is 2.37. The Balaban J connectivity index is 2.24. The number of nitrogens with zero attached hydrogens (tertiary/aromatic N) is 2. The molecule has 140 valence electrons. The summed E-state index contributed by atoms with van der Waals surface area (Å²) in [6.45, 7) is 1.74. The van der Waals surface area contributed by atoms with E-state index in [9.17, 15) is 18.0 Å². The van der Waals surface area contributed by atoms with Gasteiger partial charge in [-0.2, -0.15) is 18.3 Å². The maximum absolute atomic E-state index is 13.2. The fourth-order valence-electron chi connectivity index (χ4n) is 3.06. The molecule has 0 spiro atoms. The minimum absolute atomic E-state index is 0.0203. The van der Waals surface area contributed by atoms with E-state index < -0.39 is 17.6 Å². The number of benzene rings is 2. The van der Waals surface area contributed by atoms with Crippen molar-refractivity contribution in [2.75, 3.05) is 5.73 Å². The molecule has 0 aliphatic rings. The van der Waals surface area contributed by atoms with Crippen LogP contribution in [0, 0.1) is 6.92 Å². The van der Waals surface area contributed by atoms with Crippen molar-refractivity contribution < 1.29 is 18.0 Å². The van der Waals surface area contributed by atoms with Crippen LogP contribution in [0.5, 0.6) is 0 Å². The predicted octanol–water partition coefficient (Wildman–Crippen LogP) is 3.76. The van der Waals surface area contributed by atoms with Gasteiger partial charge >= 0.3 is 6.18 Å². The Hall–Kier alpha value is -3.29. The molecule has 5 nitrogen and oxygen atoms in total. The van der Waals surface area contributed by atoms with Crippen molar-refractivity contribution in [1.82, 2.24) is 9.78 Å². The second-order valence-corrected chi connectivity index (χ2v) is 6.19. The summed E-state index contributed by atoms with van der Waals surface area (Å²) in [7, 11) is 1.68. The number of hydrogen-bond donors (Lipinski definition) is 2. The molecule has 0 saturated heterocycles. The molecule has 1 aromatic heterocycles. The van der Waals surface area contributed by atoms with Gasteiger partial charge in [0.05, 0.1) is 17.0 Å². The van der Waals surface area contributed by atoms with E-state index in [4.69, 9.17) is 11.5 Å². The van der Waals surface area contributed by atoms with Crippen molar-refractivity contribution in [3.63, 3.8) is 0 Å². The number of hydrogen-bond acceptors (Lipinski definition) is 3. The molecule has 4 N–H and O–H groups in total. The number of aromatic nitrogens is 2. The lowest BCUT2D eigenvalue weighted by Crippen LogP contribution is -2.14. The Morgan fingerprint density at radius 2 is 1.74 bits per heavy atom. The lowest BCUT2D eigenvalue weighted by atomic mass is 9.96. The Morgan fingerprint density at radius 3 is 2.30 bits per heavy atom.